The molecule has 2 rings (SSSR count). The summed E-state index contributed by atoms with van der Waals surface area (Å²) in [7, 11) is 1.73. The lowest BCUT2D eigenvalue weighted by Crippen LogP contribution is -2.46. The summed E-state index contributed by atoms with van der Waals surface area (Å²) < 4.78 is 19.3. The molecule has 1 saturated heterocycles. The molecular formula is C15H22FNO3. The second-order valence-corrected chi connectivity index (χ2v) is 5.55. The Morgan fingerprint density at radius 3 is 2.65 bits per heavy atom. The Balaban J connectivity index is 2.22. The summed E-state index contributed by atoms with van der Waals surface area (Å²) >= 11 is 0. The molecule has 1 aliphatic heterocycles. The molecule has 1 aromatic rings. The number of benzene rings is 1. The van der Waals surface area contributed by atoms with Gasteiger partial charge in [-0.25, -0.2) is 4.39 Å². The molecule has 0 saturated carbocycles. The Morgan fingerprint density at radius 2 is 2.05 bits per heavy atom. The molecule has 1 aliphatic rings. The minimum absolute atomic E-state index is 0.316. The van der Waals surface area contributed by atoms with Gasteiger partial charge >= 0.3 is 0 Å². The highest BCUT2D eigenvalue weighted by molar-refractivity contribution is 5.55. The first-order valence-corrected chi connectivity index (χ1v) is 6.91. The van der Waals surface area contributed by atoms with E-state index in [-0.39, 0.29) is 5.82 Å². The van der Waals surface area contributed by atoms with Crippen LogP contribution in [0.5, 0.6) is 0 Å². The van der Waals surface area contributed by atoms with Gasteiger partial charge in [-0.15, -0.1) is 0 Å². The average Bonchev–Trinajstić information content (AvgIpc) is 2.38. The van der Waals surface area contributed by atoms with Crippen molar-refractivity contribution < 1.29 is 19.3 Å². The van der Waals surface area contributed by atoms with Crippen LogP contribution in [0.1, 0.15) is 31.4 Å². The van der Waals surface area contributed by atoms with Crippen LogP contribution in [0.25, 0.3) is 0 Å². The fourth-order valence-corrected chi connectivity index (χ4v) is 2.70. The molecule has 1 aromatic carbocycles. The van der Waals surface area contributed by atoms with E-state index in [0.29, 0.717) is 43.9 Å². The van der Waals surface area contributed by atoms with E-state index in [1.807, 2.05) is 0 Å². The zero-order valence-electron chi connectivity index (χ0n) is 12.0. The fourth-order valence-electron chi connectivity index (χ4n) is 2.70. The van der Waals surface area contributed by atoms with Gasteiger partial charge < -0.3 is 19.8 Å². The van der Waals surface area contributed by atoms with Gasteiger partial charge in [0.2, 0.25) is 0 Å². The number of hydrogen-bond acceptors (Lipinski definition) is 4. The van der Waals surface area contributed by atoms with Crippen molar-refractivity contribution in [1.82, 2.24) is 0 Å². The van der Waals surface area contributed by atoms with Crippen molar-refractivity contribution in [3.63, 3.8) is 0 Å². The Hall–Kier alpha value is -1.17. The second kappa shape index (κ2) is 6.08. The van der Waals surface area contributed by atoms with Crippen LogP contribution >= 0.6 is 0 Å². The van der Waals surface area contributed by atoms with Gasteiger partial charge in [-0.1, -0.05) is 12.1 Å². The van der Waals surface area contributed by atoms with E-state index >= 15 is 0 Å². The predicted molar refractivity (Wildman–Crippen MR) is 75.3 cm³/mol. The summed E-state index contributed by atoms with van der Waals surface area (Å²) in [6, 6.07) is 4.65. The van der Waals surface area contributed by atoms with Gasteiger partial charge in [0.1, 0.15) is 5.82 Å². The zero-order valence-corrected chi connectivity index (χ0v) is 12.0. The highest BCUT2D eigenvalue weighted by Crippen LogP contribution is 2.31. The van der Waals surface area contributed by atoms with E-state index in [0.717, 1.165) is 0 Å². The van der Waals surface area contributed by atoms with Gasteiger partial charge in [0, 0.05) is 45.2 Å². The number of halogens is 1. The summed E-state index contributed by atoms with van der Waals surface area (Å²) in [5.41, 5.74) is 0.0104. The molecule has 1 fully saturated rings. The maximum atomic E-state index is 14.1. The lowest BCUT2D eigenvalue weighted by atomic mass is 9.93. The van der Waals surface area contributed by atoms with E-state index in [1.165, 1.54) is 6.07 Å². The SMILES string of the molecule is C[C@@H](O)c1cccc(F)c1N(C)CC1(O)CCOCC1. The number of rotatable bonds is 4. The van der Waals surface area contributed by atoms with Crippen molar-refractivity contribution in [3.05, 3.63) is 29.6 Å². The van der Waals surface area contributed by atoms with E-state index < -0.39 is 11.7 Å². The van der Waals surface area contributed by atoms with Crippen LogP contribution in [-0.2, 0) is 4.74 Å². The van der Waals surface area contributed by atoms with Crippen molar-refractivity contribution in [2.24, 2.45) is 0 Å². The lowest BCUT2D eigenvalue weighted by molar-refractivity contribution is -0.0573. The minimum Gasteiger partial charge on any atom is -0.389 e. The van der Waals surface area contributed by atoms with Crippen molar-refractivity contribution >= 4 is 5.69 Å². The predicted octanol–water partition coefficient (Wildman–Crippen LogP) is 1.86. The summed E-state index contributed by atoms with van der Waals surface area (Å²) in [5, 5.41) is 20.3. The van der Waals surface area contributed by atoms with E-state index in [1.54, 1.807) is 31.0 Å². The Bertz CT molecular complexity index is 458. The van der Waals surface area contributed by atoms with E-state index in [9.17, 15) is 14.6 Å². The summed E-state index contributed by atoms with van der Waals surface area (Å²) in [5.74, 6) is -0.387. The summed E-state index contributed by atoms with van der Waals surface area (Å²) in [6.07, 6.45) is 0.318. The number of likely N-dealkylation sites (N-methyl/N-ethyl adjacent to an activating group) is 1. The van der Waals surface area contributed by atoms with Crippen LogP contribution in [0.3, 0.4) is 0 Å². The Kier molecular flexibility index (Phi) is 4.62. The zero-order chi connectivity index (χ0) is 14.8. The normalized spacial score (nSPS) is 19.6. The first kappa shape index (κ1) is 15.2. The van der Waals surface area contributed by atoms with Crippen LogP contribution in [-0.4, -0.2) is 42.6 Å². The van der Waals surface area contributed by atoms with Crippen molar-refractivity contribution in [1.29, 1.82) is 0 Å². The van der Waals surface area contributed by atoms with Crippen molar-refractivity contribution in [2.75, 3.05) is 31.7 Å². The average molecular weight is 283 g/mol. The fraction of sp³-hybridized carbons (Fsp3) is 0.600. The number of para-hydroxylation sites is 1. The molecular weight excluding hydrogens is 261 g/mol. The van der Waals surface area contributed by atoms with Crippen LogP contribution < -0.4 is 4.90 Å². The minimum atomic E-state index is -0.870. The molecule has 112 valence electrons. The topological polar surface area (TPSA) is 52.9 Å². The van der Waals surface area contributed by atoms with Crippen molar-refractivity contribution in [2.45, 2.75) is 31.5 Å². The second-order valence-electron chi connectivity index (χ2n) is 5.55. The Morgan fingerprint density at radius 1 is 1.40 bits per heavy atom. The molecule has 0 amide bonds. The molecule has 0 unspecified atom stereocenters. The van der Waals surface area contributed by atoms with Crippen LogP contribution in [0, 0.1) is 5.82 Å². The summed E-state index contributed by atoms with van der Waals surface area (Å²) in [4.78, 5) is 1.68. The molecule has 1 atom stereocenters. The molecule has 0 radical (unpaired) electrons. The van der Waals surface area contributed by atoms with Gasteiger partial charge in [-0.2, -0.15) is 0 Å². The number of aliphatic hydroxyl groups excluding tert-OH is 1. The molecule has 20 heavy (non-hydrogen) atoms. The third kappa shape index (κ3) is 3.29. The molecule has 1 heterocycles. The first-order valence-electron chi connectivity index (χ1n) is 6.91. The number of aliphatic hydroxyl groups is 2. The van der Waals surface area contributed by atoms with E-state index in [4.69, 9.17) is 4.74 Å². The van der Waals surface area contributed by atoms with Gasteiger partial charge in [-0.05, 0) is 13.0 Å². The van der Waals surface area contributed by atoms with Gasteiger partial charge in [0.05, 0.1) is 17.4 Å². The first-order chi connectivity index (χ1) is 9.43. The Labute approximate surface area is 118 Å². The van der Waals surface area contributed by atoms with Gasteiger partial charge in [-0.3, -0.25) is 0 Å². The maximum absolute atomic E-state index is 14.1. The quantitative estimate of drug-likeness (QED) is 0.885. The van der Waals surface area contributed by atoms with Gasteiger partial charge in [0.15, 0.2) is 0 Å². The molecule has 0 spiro atoms. The summed E-state index contributed by atoms with van der Waals surface area (Å²) in [6.45, 7) is 2.96. The third-order valence-electron chi connectivity index (χ3n) is 3.80. The smallest absolute Gasteiger partial charge is 0.146 e. The molecule has 0 bridgehead atoms. The monoisotopic (exact) mass is 283 g/mol. The highest BCUT2D eigenvalue weighted by Gasteiger charge is 2.32. The molecule has 2 N–H and O–H groups in total. The standard InChI is InChI=1S/C15H22FNO3/c1-11(18)12-4-3-5-13(16)14(12)17(2)10-15(19)6-8-20-9-7-15/h3-5,11,18-19H,6-10H2,1-2H3/t11-/m1/s1. The molecule has 0 aliphatic carbocycles. The van der Waals surface area contributed by atoms with Crippen molar-refractivity contribution in [3.8, 4) is 0 Å². The largest absolute Gasteiger partial charge is 0.389 e. The van der Waals surface area contributed by atoms with Crippen LogP contribution in [0.15, 0.2) is 18.2 Å². The van der Waals surface area contributed by atoms with Gasteiger partial charge in [0.25, 0.3) is 0 Å². The molecule has 5 heteroatoms. The number of ether oxygens (including phenoxy) is 1. The molecule has 4 nitrogen and oxygen atoms in total. The highest BCUT2D eigenvalue weighted by atomic mass is 19.1. The van der Waals surface area contributed by atoms with E-state index in [2.05, 4.69) is 0 Å². The third-order valence-corrected chi connectivity index (χ3v) is 3.80. The number of anilines is 1. The maximum Gasteiger partial charge on any atom is 0.146 e. The number of nitrogens with zero attached hydrogens (tertiary/aromatic N) is 1. The number of hydrogen-bond donors (Lipinski definition) is 2. The van der Waals surface area contributed by atoms with Crippen LogP contribution in [0.2, 0.25) is 0 Å². The lowest BCUT2D eigenvalue weighted by Gasteiger charge is -2.37. The molecule has 0 aromatic heterocycles. The van der Waals surface area contributed by atoms with Crippen LogP contribution in [0.4, 0.5) is 10.1 Å².